The number of nitrogens with one attached hydrogen (secondary N) is 2. The van der Waals surface area contributed by atoms with Gasteiger partial charge in [0.05, 0.1) is 23.7 Å². The zero-order valence-corrected chi connectivity index (χ0v) is 19.1. The molecule has 0 spiro atoms. The summed E-state index contributed by atoms with van der Waals surface area (Å²) in [4.78, 5) is 28.5. The van der Waals surface area contributed by atoms with Crippen molar-refractivity contribution >= 4 is 34.9 Å². The van der Waals surface area contributed by atoms with Gasteiger partial charge in [-0.25, -0.2) is 4.98 Å². The second-order valence-electron chi connectivity index (χ2n) is 8.86. The molecule has 0 aliphatic carbocycles. The average Bonchev–Trinajstić information content (AvgIpc) is 3.24. The summed E-state index contributed by atoms with van der Waals surface area (Å²) in [6.45, 7) is 5.26. The third kappa shape index (κ3) is 5.21. The molecule has 0 radical (unpaired) electrons. The van der Waals surface area contributed by atoms with Gasteiger partial charge < -0.3 is 10.6 Å². The Hall–Kier alpha value is -3.70. The third-order valence-electron chi connectivity index (χ3n) is 5.40. The van der Waals surface area contributed by atoms with Crippen molar-refractivity contribution in [2.24, 2.45) is 5.41 Å². The van der Waals surface area contributed by atoms with Crippen LogP contribution in [0.5, 0.6) is 0 Å². The highest BCUT2D eigenvalue weighted by molar-refractivity contribution is 6.33. The van der Waals surface area contributed by atoms with Crippen LogP contribution in [0.1, 0.15) is 31.5 Å². The van der Waals surface area contributed by atoms with Crippen LogP contribution in [0.3, 0.4) is 0 Å². The molecule has 2 N–H and O–H groups in total. The summed E-state index contributed by atoms with van der Waals surface area (Å²) < 4.78 is 2.01. The average molecular weight is 463 g/mol. The Morgan fingerprint density at radius 3 is 2.79 bits per heavy atom. The Morgan fingerprint density at radius 2 is 2.00 bits per heavy atom. The van der Waals surface area contributed by atoms with E-state index >= 15 is 0 Å². The summed E-state index contributed by atoms with van der Waals surface area (Å²) in [5.74, 6) is -0.250. The van der Waals surface area contributed by atoms with E-state index in [-0.39, 0.29) is 24.2 Å². The minimum Gasteiger partial charge on any atom is -0.325 e. The van der Waals surface area contributed by atoms with Crippen molar-refractivity contribution in [2.75, 3.05) is 10.6 Å². The topological polar surface area (TPSA) is 113 Å². The van der Waals surface area contributed by atoms with E-state index in [2.05, 4.69) is 34.6 Å². The third-order valence-corrected chi connectivity index (χ3v) is 5.70. The van der Waals surface area contributed by atoms with E-state index in [1.165, 1.54) is 6.20 Å². The van der Waals surface area contributed by atoms with Gasteiger partial charge in [-0.2, -0.15) is 10.4 Å². The lowest BCUT2D eigenvalue weighted by Crippen LogP contribution is -2.16. The fourth-order valence-electron chi connectivity index (χ4n) is 3.99. The van der Waals surface area contributed by atoms with Crippen molar-refractivity contribution in [2.45, 2.75) is 39.7 Å². The van der Waals surface area contributed by atoms with Gasteiger partial charge in [0.15, 0.2) is 0 Å². The minimum atomic E-state index is -0.396. The molecule has 9 heteroatoms. The normalized spacial score (nSPS) is 13.8. The second-order valence-corrected chi connectivity index (χ2v) is 9.27. The molecule has 3 aromatic rings. The molecular weight excluding hydrogens is 440 g/mol. The number of halogens is 1. The van der Waals surface area contributed by atoms with E-state index in [1.807, 2.05) is 10.9 Å². The van der Waals surface area contributed by atoms with Crippen molar-refractivity contribution in [1.29, 1.82) is 5.26 Å². The minimum absolute atomic E-state index is 0.0962. The summed E-state index contributed by atoms with van der Waals surface area (Å²) in [6.07, 6.45) is 4.10. The molecule has 1 aliphatic rings. The highest BCUT2D eigenvalue weighted by Crippen LogP contribution is 2.39. The SMILES string of the molecule is CC1(C)Cc2c(-c3cc(NC(=O)Cc4cccc(NC(=O)CC#N)c4)ncc3Cl)cnn2C1. The van der Waals surface area contributed by atoms with E-state index < -0.39 is 5.91 Å². The van der Waals surface area contributed by atoms with Gasteiger partial charge in [-0.05, 0) is 35.6 Å². The number of pyridine rings is 1. The monoisotopic (exact) mass is 462 g/mol. The van der Waals surface area contributed by atoms with Crippen LogP contribution in [0.2, 0.25) is 5.02 Å². The smallest absolute Gasteiger partial charge is 0.238 e. The van der Waals surface area contributed by atoms with E-state index in [0.29, 0.717) is 22.1 Å². The first-order chi connectivity index (χ1) is 15.7. The molecule has 2 aromatic heterocycles. The van der Waals surface area contributed by atoms with Crippen molar-refractivity contribution in [3.05, 3.63) is 59.0 Å². The van der Waals surface area contributed by atoms with Gasteiger partial charge in [-0.3, -0.25) is 14.3 Å². The van der Waals surface area contributed by atoms with Crippen molar-refractivity contribution < 1.29 is 9.59 Å². The van der Waals surface area contributed by atoms with Gasteiger partial charge in [0.2, 0.25) is 11.8 Å². The van der Waals surface area contributed by atoms with Gasteiger partial charge in [0, 0.05) is 35.2 Å². The molecule has 2 amide bonds. The van der Waals surface area contributed by atoms with Crippen LogP contribution in [0.15, 0.2) is 42.7 Å². The lowest BCUT2D eigenvalue weighted by Gasteiger charge is -2.14. The first-order valence-corrected chi connectivity index (χ1v) is 10.9. The van der Waals surface area contributed by atoms with Crippen molar-refractivity contribution in [3.63, 3.8) is 0 Å². The number of fused-ring (bicyclic) bond motifs is 1. The molecule has 0 saturated carbocycles. The maximum absolute atomic E-state index is 12.6. The first kappa shape index (κ1) is 22.5. The molecule has 4 rings (SSSR count). The molecule has 0 fully saturated rings. The molecule has 0 atom stereocenters. The van der Waals surface area contributed by atoms with E-state index in [9.17, 15) is 9.59 Å². The molecule has 8 nitrogen and oxygen atoms in total. The summed E-state index contributed by atoms with van der Waals surface area (Å²) >= 11 is 6.44. The highest BCUT2D eigenvalue weighted by atomic mass is 35.5. The number of carbonyl (C=O) groups excluding carboxylic acids is 2. The molecule has 0 saturated heterocycles. The molecular formula is C24H23ClN6O2. The Labute approximate surface area is 196 Å². The van der Waals surface area contributed by atoms with Crippen LogP contribution < -0.4 is 10.6 Å². The molecule has 1 aromatic carbocycles. The van der Waals surface area contributed by atoms with Gasteiger partial charge in [-0.1, -0.05) is 37.6 Å². The number of hydrogen-bond acceptors (Lipinski definition) is 5. The number of hydrogen-bond donors (Lipinski definition) is 2. The van der Waals surface area contributed by atoms with Crippen LogP contribution in [-0.4, -0.2) is 26.6 Å². The van der Waals surface area contributed by atoms with E-state index in [1.54, 1.807) is 36.4 Å². The van der Waals surface area contributed by atoms with Crippen molar-refractivity contribution in [1.82, 2.24) is 14.8 Å². The van der Waals surface area contributed by atoms with Crippen LogP contribution >= 0.6 is 11.6 Å². The number of rotatable bonds is 6. The largest absolute Gasteiger partial charge is 0.325 e. The standard InChI is InChI=1S/C24H23ClN6O2/c1-24(2)11-20-18(12-28-31(20)14-24)17-10-21(27-13-19(17)25)30-23(33)9-15-4-3-5-16(8-15)29-22(32)6-7-26/h3-5,8,10,12-13H,6,9,11,14H2,1-2H3,(H,29,32)(H,27,30,33). The Morgan fingerprint density at radius 1 is 1.18 bits per heavy atom. The summed E-state index contributed by atoms with van der Waals surface area (Å²) in [6, 6.07) is 10.5. The quantitative estimate of drug-likeness (QED) is 0.569. The first-order valence-electron chi connectivity index (χ1n) is 10.5. The predicted molar refractivity (Wildman–Crippen MR) is 126 cm³/mol. The molecule has 0 unspecified atom stereocenters. The van der Waals surface area contributed by atoms with Crippen LogP contribution in [0.4, 0.5) is 11.5 Å². The summed E-state index contributed by atoms with van der Waals surface area (Å²) in [7, 11) is 0. The maximum atomic E-state index is 12.6. The maximum Gasteiger partial charge on any atom is 0.238 e. The number of carbonyl (C=O) groups is 2. The van der Waals surface area contributed by atoms with Gasteiger partial charge in [0.1, 0.15) is 12.2 Å². The number of nitriles is 1. The number of nitrogens with zero attached hydrogens (tertiary/aromatic N) is 4. The van der Waals surface area contributed by atoms with Crippen molar-refractivity contribution in [3.8, 4) is 17.2 Å². The predicted octanol–water partition coefficient (Wildman–Crippen LogP) is 4.21. The fourth-order valence-corrected chi connectivity index (χ4v) is 4.20. The zero-order valence-electron chi connectivity index (χ0n) is 18.4. The van der Waals surface area contributed by atoms with E-state index in [4.69, 9.17) is 16.9 Å². The van der Waals surface area contributed by atoms with Gasteiger partial charge in [-0.15, -0.1) is 0 Å². The van der Waals surface area contributed by atoms with Crippen LogP contribution in [0.25, 0.3) is 11.1 Å². The van der Waals surface area contributed by atoms with E-state index in [0.717, 1.165) is 29.8 Å². The van der Waals surface area contributed by atoms with Gasteiger partial charge in [0.25, 0.3) is 0 Å². The van der Waals surface area contributed by atoms with Gasteiger partial charge >= 0.3 is 0 Å². The lowest BCUT2D eigenvalue weighted by atomic mass is 9.89. The molecule has 3 heterocycles. The fraction of sp³-hybridized carbons (Fsp3) is 0.292. The molecule has 0 bridgehead atoms. The molecule has 1 aliphatic heterocycles. The Kier molecular flexibility index (Phi) is 6.16. The lowest BCUT2D eigenvalue weighted by molar-refractivity contribution is -0.116. The van der Waals surface area contributed by atoms with Crippen LogP contribution in [0, 0.1) is 16.7 Å². The summed E-state index contributed by atoms with van der Waals surface area (Å²) in [5, 5.41) is 19.1. The molecule has 33 heavy (non-hydrogen) atoms. The number of anilines is 2. The second kappa shape index (κ2) is 9.04. The van der Waals surface area contributed by atoms with Crippen LogP contribution in [-0.2, 0) is 29.0 Å². The summed E-state index contributed by atoms with van der Waals surface area (Å²) in [5.41, 5.74) is 4.24. The number of benzene rings is 1. The Balaban J connectivity index is 1.47. The Bertz CT molecular complexity index is 1270. The number of aromatic nitrogens is 3. The zero-order chi connectivity index (χ0) is 23.6. The number of amides is 2. The highest BCUT2D eigenvalue weighted by Gasteiger charge is 2.32. The molecule has 168 valence electrons.